The number of nitrogens with zero attached hydrogens (tertiary/aromatic N) is 4. The zero-order valence-corrected chi connectivity index (χ0v) is 28.5. The quantitative estimate of drug-likeness (QED) is 0.124. The summed E-state index contributed by atoms with van der Waals surface area (Å²) in [5.41, 5.74) is 2.96. The van der Waals surface area contributed by atoms with Crippen LogP contribution < -0.4 is 0 Å². The van der Waals surface area contributed by atoms with E-state index >= 15 is 8.78 Å². The van der Waals surface area contributed by atoms with Gasteiger partial charge in [0.1, 0.15) is 29.8 Å². The van der Waals surface area contributed by atoms with Crippen molar-refractivity contribution >= 4 is 5.78 Å². The number of carbonyl (C=O) groups is 1. The molecule has 0 bridgehead atoms. The van der Waals surface area contributed by atoms with Crippen molar-refractivity contribution in [1.82, 2.24) is 19.9 Å². The summed E-state index contributed by atoms with van der Waals surface area (Å²) in [5, 5.41) is 0. The number of hydrogen-bond donors (Lipinski definition) is 0. The molecule has 50 heavy (non-hydrogen) atoms. The molecule has 2 saturated carbocycles. The molecule has 4 aromatic rings. The first-order valence-corrected chi connectivity index (χ1v) is 18.2. The molecule has 9 heteroatoms. The van der Waals surface area contributed by atoms with Gasteiger partial charge in [0.2, 0.25) is 0 Å². The van der Waals surface area contributed by atoms with Crippen molar-refractivity contribution < 1.29 is 22.4 Å². The Kier molecular flexibility index (Phi) is 12.4. The van der Waals surface area contributed by atoms with Crippen LogP contribution in [0, 0.1) is 35.3 Å². The summed E-state index contributed by atoms with van der Waals surface area (Å²) in [6, 6.07) is 12.0. The van der Waals surface area contributed by atoms with Gasteiger partial charge in [0.25, 0.3) is 0 Å². The predicted molar refractivity (Wildman–Crippen MR) is 186 cm³/mol. The summed E-state index contributed by atoms with van der Waals surface area (Å²) >= 11 is 0. The number of rotatable bonds is 14. The average Bonchev–Trinajstić information content (AvgIpc) is 3.15. The van der Waals surface area contributed by atoms with E-state index in [1.165, 1.54) is 24.3 Å². The maximum absolute atomic E-state index is 15.2. The molecule has 0 radical (unpaired) electrons. The monoisotopic (exact) mass is 686 g/mol. The van der Waals surface area contributed by atoms with Crippen LogP contribution >= 0.6 is 0 Å². The molecule has 0 amide bonds. The molecule has 264 valence electrons. The van der Waals surface area contributed by atoms with E-state index in [2.05, 4.69) is 19.9 Å². The number of Topliss-reactive ketones (excluding diaryl/α,β-unsaturated/α-hetero) is 1. The van der Waals surface area contributed by atoms with Gasteiger partial charge in [-0.2, -0.15) is 0 Å². The highest BCUT2D eigenvalue weighted by Gasteiger charge is 2.30. The van der Waals surface area contributed by atoms with Gasteiger partial charge < -0.3 is 0 Å². The third-order valence-corrected chi connectivity index (χ3v) is 10.9. The van der Waals surface area contributed by atoms with Crippen LogP contribution in [0.4, 0.5) is 17.6 Å². The van der Waals surface area contributed by atoms with Crippen LogP contribution in [0.1, 0.15) is 88.2 Å². The Hall–Kier alpha value is -4.01. The van der Waals surface area contributed by atoms with Gasteiger partial charge in [-0.3, -0.25) is 4.79 Å². The molecular weight excluding hydrogens is 640 g/mol. The third-order valence-electron chi connectivity index (χ3n) is 10.9. The molecule has 0 spiro atoms. The van der Waals surface area contributed by atoms with E-state index in [-0.39, 0.29) is 36.3 Å². The van der Waals surface area contributed by atoms with E-state index in [9.17, 15) is 13.6 Å². The number of ketones is 1. The number of halogens is 4. The SMILES string of the molecule is O=C(CCC1CCC(C(F)Cc2cnc(-c3ccc(F)cc3)nc2)CC1)CC[C@H]1CC[C@H](C(F)Cc2cnc(-c3ccc(F)cc3)nc2)CC1. The zero-order chi connectivity index (χ0) is 34.9. The summed E-state index contributed by atoms with van der Waals surface area (Å²) in [6.07, 6.45) is 15.4. The van der Waals surface area contributed by atoms with Crippen LogP contribution in [0.2, 0.25) is 0 Å². The van der Waals surface area contributed by atoms with Gasteiger partial charge in [0.15, 0.2) is 11.6 Å². The lowest BCUT2D eigenvalue weighted by molar-refractivity contribution is -0.119. The fourth-order valence-corrected chi connectivity index (χ4v) is 7.73. The van der Waals surface area contributed by atoms with Crippen LogP contribution in [0.25, 0.3) is 22.8 Å². The van der Waals surface area contributed by atoms with Crippen LogP contribution in [-0.2, 0) is 17.6 Å². The number of carbonyl (C=O) groups excluding carboxylic acids is 1. The molecule has 2 aromatic carbocycles. The van der Waals surface area contributed by atoms with Gasteiger partial charge in [-0.25, -0.2) is 37.5 Å². The van der Waals surface area contributed by atoms with E-state index in [1.54, 1.807) is 49.1 Å². The normalized spacial score (nSPS) is 22.2. The Balaban J connectivity index is 0.833. The van der Waals surface area contributed by atoms with Gasteiger partial charge in [0.05, 0.1) is 0 Å². The second kappa shape index (κ2) is 17.3. The zero-order valence-electron chi connectivity index (χ0n) is 28.5. The Labute approximate surface area is 292 Å². The Bertz CT molecular complexity index is 1510. The molecule has 2 unspecified atom stereocenters. The topological polar surface area (TPSA) is 68.6 Å². The maximum Gasteiger partial charge on any atom is 0.159 e. The van der Waals surface area contributed by atoms with Crippen molar-refractivity contribution in [2.24, 2.45) is 23.7 Å². The van der Waals surface area contributed by atoms with Crippen LogP contribution in [0.15, 0.2) is 73.3 Å². The molecule has 2 fully saturated rings. The van der Waals surface area contributed by atoms with Crippen molar-refractivity contribution in [2.45, 2.75) is 102 Å². The van der Waals surface area contributed by atoms with Crippen LogP contribution in [0.5, 0.6) is 0 Å². The summed E-state index contributed by atoms with van der Waals surface area (Å²) in [4.78, 5) is 30.2. The Morgan fingerprint density at radius 1 is 0.560 bits per heavy atom. The number of alkyl halides is 2. The first kappa shape index (κ1) is 35.8. The molecule has 2 aliphatic carbocycles. The molecule has 0 N–H and O–H groups in total. The maximum atomic E-state index is 15.2. The van der Waals surface area contributed by atoms with E-state index in [0.29, 0.717) is 42.1 Å². The molecule has 2 aromatic heterocycles. The minimum Gasteiger partial charge on any atom is -0.300 e. The fraction of sp³-hybridized carbons (Fsp3) is 0.488. The Morgan fingerprint density at radius 2 is 0.900 bits per heavy atom. The molecule has 5 nitrogen and oxygen atoms in total. The lowest BCUT2D eigenvalue weighted by Gasteiger charge is -2.31. The van der Waals surface area contributed by atoms with Crippen molar-refractivity contribution in [3.63, 3.8) is 0 Å². The first-order valence-electron chi connectivity index (χ1n) is 18.2. The highest BCUT2D eigenvalue weighted by molar-refractivity contribution is 5.78. The first-order chi connectivity index (χ1) is 24.3. The lowest BCUT2D eigenvalue weighted by Crippen LogP contribution is -2.25. The highest BCUT2D eigenvalue weighted by Crippen LogP contribution is 2.37. The van der Waals surface area contributed by atoms with E-state index in [4.69, 9.17) is 0 Å². The summed E-state index contributed by atoms with van der Waals surface area (Å²) in [5.74, 6) is 1.65. The van der Waals surface area contributed by atoms with Gasteiger partial charge in [0, 0.05) is 61.6 Å². The minimum absolute atomic E-state index is 0.0134. The van der Waals surface area contributed by atoms with Gasteiger partial charge in [-0.05, 0) is 122 Å². The largest absolute Gasteiger partial charge is 0.300 e. The van der Waals surface area contributed by atoms with E-state index in [0.717, 1.165) is 86.5 Å². The number of aromatic nitrogens is 4. The molecule has 0 aliphatic heterocycles. The average molecular weight is 687 g/mol. The second-order valence-electron chi connectivity index (χ2n) is 14.5. The number of benzene rings is 2. The summed E-state index contributed by atoms with van der Waals surface area (Å²) in [6.45, 7) is 0. The standard InChI is InChI=1S/C41H46F4N4O/c42-35-15-11-33(12-16-35)40-46-23-29(24-47-40)21-38(44)31-7-1-27(2-8-31)5-19-37(50)20-6-28-3-9-32(10-4-28)39(45)22-30-25-48-41(49-26-30)34-13-17-36(43)18-14-34/h11-18,23-28,31-32,38-39H,1-10,19-22H2/t27-,28?,31-,32?,38?,39?. The molecular formula is C41H46F4N4O. The second-order valence-corrected chi connectivity index (χ2v) is 14.5. The van der Waals surface area contributed by atoms with Crippen molar-refractivity contribution in [3.8, 4) is 22.8 Å². The molecule has 2 atom stereocenters. The fourth-order valence-electron chi connectivity index (χ4n) is 7.73. The predicted octanol–water partition coefficient (Wildman–Crippen LogP) is 10.1. The Morgan fingerprint density at radius 3 is 1.24 bits per heavy atom. The van der Waals surface area contributed by atoms with Gasteiger partial charge >= 0.3 is 0 Å². The van der Waals surface area contributed by atoms with Gasteiger partial charge in [-0.1, -0.05) is 25.7 Å². The molecule has 6 rings (SSSR count). The van der Waals surface area contributed by atoms with E-state index in [1.807, 2.05) is 0 Å². The summed E-state index contributed by atoms with van der Waals surface area (Å²) in [7, 11) is 0. The van der Waals surface area contributed by atoms with Crippen molar-refractivity contribution in [1.29, 1.82) is 0 Å². The van der Waals surface area contributed by atoms with Crippen LogP contribution in [-0.4, -0.2) is 38.1 Å². The molecule has 0 saturated heterocycles. The van der Waals surface area contributed by atoms with Gasteiger partial charge in [-0.15, -0.1) is 0 Å². The highest BCUT2D eigenvalue weighted by atomic mass is 19.1. The summed E-state index contributed by atoms with van der Waals surface area (Å²) < 4.78 is 56.8. The number of hydrogen-bond acceptors (Lipinski definition) is 5. The van der Waals surface area contributed by atoms with Crippen molar-refractivity contribution in [3.05, 3.63) is 96.1 Å². The molecule has 2 aliphatic rings. The smallest absolute Gasteiger partial charge is 0.159 e. The lowest BCUT2D eigenvalue weighted by atomic mass is 9.76. The third kappa shape index (κ3) is 10.0. The minimum atomic E-state index is -0.949. The molecule has 2 heterocycles. The van der Waals surface area contributed by atoms with E-state index < -0.39 is 12.3 Å². The van der Waals surface area contributed by atoms with Crippen molar-refractivity contribution in [2.75, 3.05) is 0 Å². The van der Waals surface area contributed by atoms with Crippen LogP contribution in [0.3, 0.4) is 0 Å².